The highest BCUT2D eigenvalue weighted by Crippen LogP contribution is 2.32. The highest BCUT2D eigenvalue weighted by atomic mass is 32.2. The Balaban J connectivity index is 2.45. The molecule has 4 nitrogen and oxygen atoms in total. The number of ether oxygens (including phenoxy) is 2. The van der Waals surface area contributed by atoms with Crippen LogP contribution in [-0.4, -0.2) is 25.1 Å². The van der Waals surface area contributed by atoms with Crippen LogP contribution >= 0.6 is 11.8 Å². The predicted molar refractivity (Wildman–Crippen MR) is 71.6 cm³/mol. The summed E-state index contributed by atoms with van der Waals surface area (Å²) in [7, 11) is 3.27. The lowest BCUT2D eigenvalue weighted by Crippen LogP contribution is -2.10. The van der Waals surface area contributed by atoms with Gasteiger partial charge in [0.05, 0.1) is 19.9 Å². The van der Waals surface area contributed by atoms with Gasteiger partial charge in [0.1, 0.15) is 11.5 Å². The molecular weight excluding hydrogens is 236 g/mol. The summed E-state index contributed by atoms with van der Waals surface area (Å²) in [5.74, 6) is 2.36. The first-order chi connectivity index (χ1) is 8.24. The van der Waals surface area contributed by atoms with Crippen LogP contribution in [0.25, 0.3) is 5.70 Å². The number of nitrogens with zero attached hydrogens (tertiary/aromatic N) is 1. The van der Waals surface area contributed by atoms with Gasteiger partial charge in [0, 0.05) is 11.3 Å². The number of nitrogens with two attached hydrogens (primary N) is 1. The molecule has 0 saturated heterocycles. The molecule has 0 aliphatic carbocycles. The molecule has 1 aromatic rings. The second-order valence-electron chi connectivity index (χ2n) is 3.42. The smallest absolute Gasteiger partial charge is 0.159 e. The van der Waals surface area contributed by atoms with Crippen molar-refractivity contribution in [2.45, 2.75) is 0 Å². The second-order valence-corrected chi connectivity index (χ2v) is 4.46. The van der Waals surface area contributed by atoms with Crippen LogP contribution in [0, 0.1) is 0 Å². The molecule has 0 unspecified atom stereocenters. The van der Waals surface area contributed by atoms with E-state index in [4.69, 9.17) is 15.2 Å². The predicted octanol–water partition coefficient (Wildman–Crippen LogP) is 2.11. The van der Waals surface area contributed by atoms with Gasteiger partial charge in [-0.05, 0) is 24.3 Å². The molecule has 2 N–H and O–H groups in total. The Morgan fingerprint density at radius 1 is 1.29 bits per heavy atom. The standard InChI is InChI=1S/C12H14N2O2S/c1-15-8-3-4-11(16-2)9(7-8)10-5-6-17-12(13)14-10/h3-5,7H,6H2,1-2H3,(H2,13,14). The topological polar surface area (TPSA) is 56.8 Å². The quantitative estimate of drug-likeness (QED) is 0.892. The number of amidine groups is 1. The summed E-state index contributed by atoms with van der Waals surface area (Å²) < 4.78 is 10.5. The van der Waals surface area contributed by atoms with Gasteiger partial charge in [-0.3, -0.25) is 0 Å². The van der Waals surface area contributed by atoms with E-state index < -0.39 is 0 Å². The Labute approximate surface area is 105 Å². The fraction of sp³-hybridized carbons (Fsp3) is 0.250. The monoisotopic (exact) mass is 250 g/mol. The molecule has 90 valence electrons. The lowest BCUT2D eigenvalue weighted by Gasteiger charge is -2.13. The SMILES string of the molecule is COc1ccc(OC)c(C2=CCSC(N)=N2)c1. The van der Waals surface area contributed by atoms with E-state index in [1.54, 1.807) is 14.2 Å². The van der Waals surface area contributed by atoms with Gasteiger partial charge in [-0.25, -0.2) is 4.99 Å². The van der Waals surface area contributed by atoms with Crippen LogP contribution in [-0.2, 0) is 0 Å². The van der Waals surface area contributed by atoms with Crippen molar-refractivity contribution in [1.29, 1.82) is 0 Å². The normalized spacial score (nSPS) is 14.9. The highest BCUT2D eigenvalue weighted by molar-refractivity contribution is 8.14. The molecule has 2 rings (SSSR count). The molecule has 0 bridgehead atoms. The number of methoxy groups -OCH3 is 2. The molecule has 0 aromatic heterocycles. The van der Waals surface area contributed by atoms with Crippen molar-refractivity contribution >= 4 is 22.6 Å². The average Bonchev–Trinajstić information content (AvgIpc) is 2.38. The van der Waals surface area contributed by atoms with Gasteiger partial charge < -0.3 is 15.2 Å². The summed E-state index contributed by atoms with van der Waals surface area (Å²) in [6.07, 6.45) is 2.03. The fourth-order valence-corrected chi connectivity index (χ4v) is 2.16. The Hall–Kier alpha value is -1.62. The molecule has 1 aliphatic rings. The van der Waals surface area contributed by atoms with E-state index in [2.05, 4.69) is 4.99 Å². The van der Waals surface area contributed by atoms with Crippen LogP contribution in [0.1, 0.15) is 5.56 Å². The number of hydrogen-bond donors (Lipinski definition) is 1. The van der Waals surface area contributed by atoms with Crippen LogP contribution < -0.4 is 15.2 Å². The molecule has 17 heavy (non-hydrogen) atoms. The van der Waals surface area contributed by atoms with Gasteiger partial charge in [-0.1, -0.05) is 11.8 Å². The van der Waals surface area contributed by atoms with E-state index in [1.165, 1.54) is 11.8 Å². The van der Waals surface area contributed by atoms with Crippen LogP contribution in [0.2, 0.25) is 0 Å². The zero-order chi connectivity index (χ0) is 12.3. The lowest BCUT2D eigenvalue weighted by molar-refractivity contribution is 0.402. The van der Waals surface area contributed by atoms with Crippen molar-refractivity contribution in [1.82, 2.24) is 0 Å². The van der Waals surface area contributed by atoms with Crippen LogP contribution in [0.4, 0.5) is 0 Å². The maximum Gasteiger partial charge on any atom is 0.159 e. The molecule has 1 heterocycles. The lowest BCUT2D eigenvalue weighted by atomic mass is 10.1. The summed E-state index contributed by atoms with van der Waals surface area (Å²) in [6.45, 7) is 0. The van der Waals surface area contributed by atoms with E-state index in [1.807, 2.05) is 24.3 Å². The largest absolute Gasteiger partial charge is 0.497 e. The number of hydrogen-bond acceptors (Lipinski definition) is 5. The van der Waals surface area contributed by atoms with E-state index in [0.29, 0.717) is 5.17 Å². The van der Waals surface area contributed by atoms with Crippen molar-refractivity contribution in [3.8, 4) is 11.5 Å². The maximum atomic E-state index is 5.72. The van der Waals surface area contributed by atoms with E-state index in [9.17, 15) is 0 Å². The molecular formula is C12H14N2O2S. The van der Waals surface area contributed by atoms with E-state index in [-0.39, 0.29) is 0 Å². The maximum absolute atomic E-state index is 5.72. The Kier molecular flexibility index (Phi) is 3.58. The zero-order valence-electron chi connectivity index (χ0n) is 9.77. The third-order valence-electron chi connectivity index (χ3n) is 2.42. The summed E-state index contributed by atoms with van der Waals surface area (Å²) in [5, 5.41) is 0.576. The molecule has 0 atom stereocenters. The minimum Gasteiger partial charge on any atom is -0.497 e. The Morgan fingerprint density at radius 3 is 2.76 bits per heavy atom. The third-order valence-corrected chi connectivity index (χ3v) is 3.14. The van der Waals surface area contributed by atoms with E-state index in [0.717, 1.165) is 28.5 Å². The number of benzene rings is 1. The zero-order valence-corrected chi connectivity index (χ0v) is 10.6. The van der Waals surface area contributed by atoms with Crippen molar-refractivity contribution in [3.05, 3.63) is 29.8 Å². The van der Waals surface area contributed by atoms with Crippen molar-refractivity contribution in [3.63, 3.8) is 0 Å². The molecule has 1 aromatic carbocycles. The Morgan fingerprint density at radius 2 is 2.12 bits per heavy atom. The third kappa shape index (κ3) is 2.55. The molecule has 0 fully saturated rings. The Bertz CT molecular complexity index is 483. The molecule has 0 spiro atoms. The first kappa shape index (κ1) is 11.9. The molecule has 0 saturated carbocycles. The summed E-state index contributed by atoms with van der Waals surface area (Å²) in [4.78, 5) is 4.32. The highest BCUT2D eigenvalue weighted by Gasteiger charge is 2.13. The van der Waals surface area contributed by atoms with Crippen molar-refractivity contribution < 1.29 is 9.47 Å². The fourth-order valence-electron chi connectivity index (χ4n) is 1.59. The summed E-state index contributed by atoms with van der Waals surface area (Å²) in [6, 6.07) is 5.62. The van der Waals surface area contributed by atoms with Crippen LogP contribution in [0.3, 0.4) is 0 Å². The van der Waals surface area contributed by atoms with Crippen molar-refractivity contribution in [2.24, 2.45) is 10.7 Å². The minimum atomic E-state index is 0.576. The second kappa shape index (κ2) is 5.14. The van der Waals surface area contributed by atoms with Crippen molar-refractivity contribution in [2.75, 3.05) is 20.0 Å². The van der Waals surface area contributed by atoms with Crippen LogP contribution in [0.5, 0.6) is 11.5 Å². The first-order valence-electron chi connectivity index (χ1n) is 5.14. The molecule has 1 aliphatic heterocycles. The summed E-state index contributed by atoms with van der Waals surface area (Å²) >= 11 is 1.52. The minimum absolute atomic E-state index is 0.576. The van der Waals surface area contributed by atoms with Gasteiger partial charge in [-0.2, -0.15) is 0 Å². The summed E-state index contributed by atoms with van der Waals surface area (Å²) in [5.41, 5.74) is 7.45. The van der Waals surface area contributed by atoms with E-state index >= 15 is 0 Å². The number of rotatable bonds is 3. The molecule has 0 radical (unpaired) electrons. The number of aliphatic imine (C=N–C) groups is 1. The van der Waals surface area contributed by atoms with Gasteiger partial charge in [0.2, 0.25) is 0 Å². The van der Waals surface area contributed by atoms with Gasteiger partial charge in [0.15, 0.2) is 5.17 Å². The first-order valence-corrected chi connectivity index (χ1v) is 6.12. The molecule has 0 amide bonds. The average molecular weight is 250 g/mol. The van der Waals surface area contributed by atoms with Gasteiger partial charge >= 0.3 is 0 Å². The number of thioether (sulfide) groups is 1. The van der Waals surface area contributed by atoms with Gasteiger partial charge in [-0.15, -0.1) is 0 Å². The molecule has 5 heteroatoms. The van der Waals surface area contributed by atoms with Gasteiger partial charge in [0.25, 0.3) is 0 Å². The van der Waals surface area contributed by atoms with Crippen LogP contribution in [0.15, 0.2) is 29.3 Å².